The zero-order valence-electron chi connectivity index (χ0n) is 7.31. The van der Waals surface area contributed by atoms with E-state index in [4.69, 9.17) is 5.11 Å². The van der Waals surface area contributed by atoms with Crippen molar-refractivity contribution in [1.29, 1.82) is 0 Å². The third-order valence-electron chi connectivity index (χ3n) is 2.33. The first-order valence-corrected chi connectivity index (χ1v) is 4.35. The molecule has 74 valence electrons. The van der Waals surface area contributed by atoms with E-state index in [0.717, 1.165) is 0 Å². The Bertz CT molecular complexity index is 224. The van der Waals surface area contributed by atoms with Crippen molar-refractivity contribution in [2.75, 3.05) is 0 Å². The van der Waals surface area contributed by atoms with E-state index in [1.54, 1.807) is 12.2 Å². The fourth-order valence-electron chi connectivity index (χ4n) is 1.40. The van der Waals surface area contributed by atoms with Gasteiger partial charge in [0.05, 0.1) is 6.10 Å². The van der Waals surface area contributed by atoms with Crippen molar-refractivity contribution in [3.8, 4) is 0 Å². The lowest BCUT2D eigenvalue weighted by Gasteiger charge is -2.25. The molecule has 0 aromatic heterocycles. The molecule has 0 saturated heterocycles. The maximum atomic E-state index is 10.7. The summed E-state index contributed by atoms with van der Waals surface area (Å²) < 4.78 is 0. The third kappa shape index (κ3) is 2.54. The highest BCUT2D eigenvalue weighted by atomic mass is 16.4. The molecule has 0 unspecified atom stereocenters. The molecule has 0 amide bonds. The number of allylic oxidation sites excluding steroid dienone is 1. The summed E-state index contributed by atoms with van der Waals surface area (Å²) in [6, 6.07) is 0. The van der Waals surface area contributed by atoms with Crippen LogP contribution in [0.3, 0.4) is 0 Å². The SMILES string of the molecule is O=C(O)[C@@]1(O)CC/C=C\[C@@H](O)CC1. The first kappa shape index (κ1) is 10.2. The number of carboxylic acid groups (broad SMARTS) is 1. The Morgan fingerprint density at radius 2 is 2.15 bits per heavy atom. The fourth-order valence-corrected chi connectivity index (χ4v) is 1.40. The molecular formula is C9H14O4. The highest BCUT2D eigenvalue weighted by molar-refractivity contribution is 5.77. The van der Waals surface area contributed by atoms with Crippen molar-refractivity contribution in [1.82, 2.24) is 0 Å². The summed E-state index contributed by atoms with van der Waals surface area (Å²) in [5.41, 5.74) is -1.66. The van der Waals surface area contributed by atoms with Crippen LogP contribution in [-0.2, 0) is 4.79 Å². The second-order valence-corrected chi connectivity index (χ2v) is 3.41. The minimum atomic E-state index is -1.66. The van der Waals surface area contributed by atoms with Gasteiger partial charge in [0.1, 0.15) is 0 Å². The molecule has 1 rings (SSSR count). The lowest BCUT2D eigenvalue weighted by atomic mass is 9.89. The number of aliphatic carboxylic acids is 1. The monoisotopic (exact) mass is 186 g/mol. The van der Waals surface area contributed by atoms with E-state index < -0.39 is 17.7 Å². The molecule has 13 heavy (non-hydrogen) atoms. The van der Waals surface area contributed by atoms with Crippen molar-refractivity contribution < 1.29 is 20.1 Å². The van der Waals surface area contributed by atoms with Crippen LogP contribution in [0.5, 0.6) is 0 Å². The fraction of sp³-hybridized carbons (Fsp3) is 0.667. The average Bonchev–Trinajstić information content (AvgIpc) is 2.06. The van der Waals surface area contributed by atoms with E-state index >= 15 is 0 Å². The van der Waals surface area contributed by atoms with Gasteiger partial charge in [-0.2, -0.15) is 0 Å². The topological polar surface area (TPSA) is 77.8 Å². The zero-order chi connectivity index (χ0) is 9.90. The molecule has 0 heterocycles. The highest BCUT2D eigenvalue weighted by Crippen LogP contribution is 2.23. The first-order chi connectivity index (χ1) is 6.04. The Kier molecular flexibility index (Phi) is 3.06. The predicted molar refractivity (Wildman–Crippen MR) is 46.2 cm³/mol. The molecule has 0 saturated carbocycles. The first-order valence-electron chi connectivity index (χ1n) is 4.35. The molecule has 0 spiro atoms. The molecule has 4 heteroatoms. The van der Waals surface area contributed by atoms with Crippen LogP contribution in [0.2, 0.25) is 0 Å². The molecule has 0 fully saturated rings. The van der Waals surface area contributed by atoms with Gasteiger partial charge in [-0.15, -0.1) is 0 Å². The summed E-state index contributed by atoms with van der Waals surface area (Å²) in [6.45, 7) is 0. The molecule has 1 aliphatic rings. The smallest absolute Gasteiger partial charge is 0.335 e. The van der Waals surface area contributed by atoms with Gasteiger partial charge < -0.3 is 15.3 Å². The lowest BCUT2D eigenvalue weighted by Crippen LogP contribution is -2.39. The van der Waals surface area contributed by atoms with Gasteiger partial charge in [0.25, 0.3) is 0 Å². The normalized spacial score (nSPS) is 37.5. The Morgan fingerprint density at radius 3 is 2.77 bits per heavy atom. The molecule has 0 aromatic carbocycles. The summed E-state index contributed by atoms with van der Waals surface area (Å²) in [7, 11) is 0. The number of hydrogen-bond donors (Lipinski definition) is 3. The summed E-state index contributed by atoms with van der Waals surface area (Å²) in [5, 5.41) is 27.6. The van der Waals surface area contributed by atoms with Gasteiger partial charge in [0.15, 0.2) is 5.60 Å². The largest absolute Gasteiger partial charge is 0.479 e. The molecular weight excluding hydrogens is 172 g/mol. The van der Waals surface area contributed by atoms with Gasteiger partial charge in [-0.25, -0.2) is 4.79 Å². The van der Waals surface area contributed by atoms with Gasteiger partial charge in [0.2, 0.25) is 0 Å². The van der Waals surface area contributed by atoms with Crippen molar-refractivity contribution in [3.63, 3.8) is 0 Å². The van der Waals surface area contributed by atoms with Crippen molar-refractivity contribution in [3.05, 3.63) is 12.2 Å². The van der Waals surface area contributed by atoms with E-state index in [9.17, 15) is 15.0 Å². The Balaban J connectivity index is 2.68. The second kappa shape index (κ2) is 3.89. The summed E-state index contributed by atoms with van der Waals surface area (Å²) in [4.78, 5) is 10.7. The molecule has 0 bridgehead atoms. The Hall–Kier alpha value is -0.870. The van der Waals surface area contributed by atoms with Crippen molar-refractivity contribution >= 4 is 5.97 Å². The minimum absolute atomic E-state index is 0.105. The number of aliphatic hydroxyl groups excluding tert-OH is 1. The average molecular weight is 186 g/mol. The summed E-state index contributed by atoms with van der Waals surface area (Å²) >= 11 is 0. The molecule has 0 aliphatic heterocycles. The van der Waals surface area contributed by atoms with Gasteiger partial charge >= 0.3 is 5.97 Å². The number of carbonyl (C=O) groups is 1. The van der Waals surface area contributed by atoms with Crippen LogP contribution in [-0.4, -0.2) is 33.0 Å². The van der Waals surface area contributed by atoms with E-state index in [2.05, 4.69) is 0 Å². The number of hydrogen-bond acceptors (Lipinski definition) is 3. The molecule has 1 aliphatic carbocycles. The van der Waals surface area contributed by atoms with Crippen LogP contribution in [0.15, 0.2) is 12.2 Å². The van der Waals surface area contributed by atoms with Crippen molar-refractivity contribution in [2.45, 2.75) is 37.4 Å². The van der Waals surface area contributed by atoms with Crippen LogP contribution in [0.4, 0.5) is 0 Å². The minimum Gasteiger partial charge on any atom is -0.479 e. The lowest BCUT2D eigenvalue weighted by molar-refractivity contribution is -0.160. The highest BCUT2D eigenvalue weighted by Gasteiger charge is 2.35. The molecule has 0 aromatic rings. The molecule has 0 radical (unpaired) electrons. The summed E-state index contributed by atoms with van der Waals surface area (Å²) in [6.07, 6.45) is 3.81. The predicted octanol–water partition coefficient (Wildman–Crippen LogP) is 0.293. The van der Waals surface area contributed by atoms with E-state index in [1.165, 1.54) is 0 Å². The van der Waals surface area contributed by atoms with Gasteiger partial charge in [-0.3, -0.25) is 0 Å². The van der Waals surface area contributed by atoms with Gasteiger partial charge in [-0.05, 0) is 25.7 Å². The van der Waals surface area contributed by atoms with Crippen LogP contribution < -0.4 is 0 Å². The Labute approximate surface area is 76.5 Å². The van der Waals surface area contributed by atoms with Crippen LogP contribution >= 0.6 is 0 Å². The standard InChI is InChI=1S/C9H14O4/c10-7-3-1-2-5-9(13,6-4-7)8(11)12/h1,3,7,10,13H,2,4-6H2,(H,11,12)/b3-1-/t7-,9-/m1/s1. The van der Waals surface area contributed by atoms with E-state index in [-0.39, 0.29) is 12.8 Å². The maximum Gasteiger partial charge on any atom is 0.335 e. The maximum absolute atomic E-state index is 10.7. The quantitative estimate of drug-likeness (QED) is 0.514. The number of aliphatic hydroxyl groups is 2. The third-order valence-corrected chi connectivity index (χ3v) is 2.33. The second-order valence-electron chi connectivity index (χ2n) is 3.41. The molecule has 3 N–H and O–H groups in total. The van der Waals surface area contributed by atoms with Crippen LogP contribution in [0.25, 0.3) is 0 Å². The van der Waals surface area contributed by atoms with Crippen molar-refractivity contribution in [2.24, 2.45) is 0 Å². The Morgan fingerprint density at radius 1 is 1.46 bits per heavy atom. The zero-order valence-corrected chi connectivity index (χ0v) is 7.31. The number of carboxylic acids is 1. The summed E-state index contributed by atoms with van der Waals surface area (Å²) in [5.74, 6) is -1.20. The number of rotatable bonds is 1. The molecule has 2 atom stereocenters. The van der Waals surface area contributed by atoms with E-state index in [1.807, 2.05) is 0 Å². The van der Waals surface area contributed by atoms with E-state index in [0.29, 0.717) is 12.8 Å². The van der Waals surface area contributed by atoms with Gasteiger partial charge in [0, 0.05) is 0 Å². The molecule has 4 nitrogen and oxygen atoms in total. The van der Waals surface area contributed by atoms with Gasteiger partial charge in [-0.1, -0.05) is 12.2 Å². The van der Waals surface area contributed by atoms with Crippen LogP contribution in [0, 0.1) is 0 Å². The van der Waals surface area contributed by atoms with Crippen LogP contribution in [0.1, 0.15) is 25.7 Å².